The minimum atomic E-state index is -0.879. The van der Waals surface area contributed by atoms with Crippen molar-refractivity contribution in [3.63, 3.8) is 0 Å². The fourth-order valence-electron chi connectivity index (χ4n) is 2.71. The highest BCUT2D eigenvalue weighted by molar-refractivity contribution is 7.09. The van der Waals surface area contributed by atoms with Crippen molar-refractivity contribution in [3.05, 3.63) is 51.5 Å². The van der Waals surface area contributed by atoms with Crippen molar-refractivity contribution in [2.75, 3.05) is 13.6 Å². The predicted octanol–water partition coefficient (Wildman–Crippen LogP) is 3.55. The van der Waals surface area contributed by atoms with Crippen LogP contribution in [0.1, 0.15) is 41.6 Å². The zero-order valence-electron chi connectivity index (χ0n) is 15.0. The van der Waals surface area contributed by atoms with Crippen LogP contribution in [-0.4, -0.2) is 34.6 Å². The molecule has 6 heteroatoms. The molecule has 1 aromatic heterocycles. The number of likely N-dealkylation sites (N-methyl/N-ethyl adjacent to an activating group) is 1. The zero-order chi connectivity index (χ0) is 18.6. The van der Waals surface area contributed by atoms with Gasteiger partial charge in [-0.3, -0.25) is 9.69 Å². The van der Waals surface area contributed by atoms with Crippen LogP contribution in [0.4, 0.5) is 0 Å². The van der Waals surface area contributed by atoms with Gasteiger partial charge in [0.25, 0.3) is 0 Å². The van der Waals surface area contributed by atoms with Gasteiger partial charge in [-0.05, 0) is 45.4 Å². The quantitative estimate of drug-likeness (QED) is 0.820. The number of thiazole rings is 1. The molecule has 0 spiro atoms. The Hall–Kier alpha value is -2.23. The van der Waals surface area contributed by atoms with Crippen molar-refractivity contribution in [3.8, 4) is 6.07 Å². The first-order valence-corrected chi connectivity index (χ1v) is 8.98. The monoisotopic (exact) mass is 357 g/mol. The van der Waals surface area contributed by atoms with Crippen molar-refractivity contribution >= 4 is 17.3 Å². The SMILES string of the molecule is Cc1ncsc1CCN(C)[C@@H](C(=O)O)c1ccc(C(C)(C)C#N)cc1. The second kappa shape index (κ2) is 7.77. The molecular weight excluding hydrogens is 334 g/mol. The van der Waals surface area contributed by atoms with Gasteiger partial charge in [0.1, 0.15) is 6.04 Å². The number of hydrogen-bond donors (Lipinski definition) is 1. The summed E-state index contributed by atoms with van der Waals surface area (Å²) in [5.41, 5.74) is 3.83. The Morgan fingerprint density at radius 3 is 2.52 bits per heavy atom. The first-order chi connectivity index (χ1) is 11.8. The van der Waals surface area contributed by atoms with Crippen LogP contribution in [0.25, 0.3) is 0 Å². The molecule has 132 valence electrons. The van der Waals surface area contributed by atoms with E-state index in [1.54, 1.807) is 11.3 Å². The van der Waals surface area contributed by atoms with Gasteiger partial charge < -0.3 is 5.11 Å². The minimum absolute atomic E-state index is 0.590. The van der Waals surface area contributed by atoms with Gasteiger partial charge >= 0.3 is 5.97 Å². The van der Waals surface area contributed by atoms with E-state index in [1.165, 1.54) is 4.88 Å². The van der Waals surface area contributed by atoms with Crippen molar-refractivity contribution in [1.82, 2.24) is 9.88 Å². The van der Waals surface area contributed by atoms with E-state index in [-0.39, 0.29) is 0 Å². The molecule has 0 saturated carbocycles. The number of hydrogen-bond acceptors (Lipinski definition) is 5. The van der Waals surface area contributed by atoms with Crippen LogP contribution in [0, 0.1) is 18.3 Å². The second-order valence-corrected chi connectivity index (χ2v) is 7.63. The third-order valence-corrected chi connectivity index (χ3v) is 5.43. The van der Waals surface area contributed by atoms with E-state index in [2.05, 4.69) is 11.1 Å². The van der Waals surface area contributed by atoms with Crippen LogP contribution in [0.2, 0.25) is 0 Å². The molecule has 0 aliphatic rings. The van der Waals surface area contributed by atoms with Crippen LogP contribution in [-0.2, 0) is 16.6 Å². The average Bonchev–Trinajstić information content (AvgIpc) is 2.98. The molecule has 2 aromatic rings. The summed E-state index contributed by atoms with van der Waals surface area (Å²) in [6, 6.07) is 8.85. The van der Waals surface area contributed by atoms with E-state index in [1.807, 2.05) is 62.5 Å². The Labute approximate surface area is 152 Å². The third kappa shape index (κ3) is 4.44. The van der Waals surface area contributed by atoms with Gasteiger partial charge in [-0.2, -0.15) is 5.26 Å². The van der Waals surface area contributed by atoms with Crippen molar-refractivity contribution in [2.24, 2.45) is 0 Å². The number of benzene rings is 1. The zero-order valence-corrected chi connectivity index (χ0v) is 15.8. The van der Waals surface area contributed by atoms with Crippen LogP contribution in [0.15, 0.2) is 29.8 Å². The van der Waals surface area contributed by atoms with E-state index in [0.29, 0.717) is 12.1 Å². The van der Waals surface area contributed by atoms with Crippen LogP contribution in [0.5, 0.6) is 0 Å². The molecular formula is C19H23N3O2S. The molecule has 1 atom stereocenters. The van der Waals surface area contributed by atoms with E-state index in [0.717, 1.165) is 17.7 Å². The maximum absolute atomic E-state index is 11.8. The summed E-state index contributed by atoms with van der Waals surface area (Å²) >= 11 is 1.60. The van der Waals surface area contributed by atoms with Gasteiger partial charge in [0.15, 0.2) is 0 Å². The maximum Gasteiger partial charge on any atom is 0.325 e. The second-order valence-electron chi connectivity index (χ2n) is 6.69. The molecule has 0 bridgehead atoms. The number of carboxylic acids is 1. The Morgan fingerprint density at radius 2 is 2.04 bits per heavy atom. The summed E-state index contributed by atoms with van der Waals surface area (Å²) in [6.45, 7) is 6.29. The third-order valence-electron chi connectivity index (χ3n) is 4.44. The summed E-state index contributed by atoms with van der Waals surface area (Å²) in [7, 11) is 1.82. The molecule has 5 nitrogen and oxygen atoms in total. The van der Waals surface area contributed by atoms with E-state index < -0.39 is 17.4 Å². The highest BCUT2D eigenvalue weighted by atomic mass is 32.1. The van der Waals surface area contributed by atoms with Crippen molar-refractivity contribution in [1.29, 1.82) is 5.26 Å². The number of rotatable bonds is 7. The summed E-state index contributed by atoms with van der Waals surface area (Å²) in [4.78, 5) is 19.1. The van der Waals surface area contributed by atoms with Gasteiger partial charge in [-0.1, -0.05) is 24.3 Å². The lowest BCUT2D eigenvalue weighted by Gasteiger charge is -2.25. The molecule has 0 saturated heterocycles. The van der Waals surface area contributed by atoms with Gasteiger partial charge in [0.2, 0.25) is 0 Å². The van der Waals surface area contributed by atoms with Crippen molar-refractivity contribution < 1.29 is 9.90 Å². The average molecular weight is 357 g/mol. The largest absolute Gasteiger partial charge is 0.480 e. The van der Waals surface area contributed by atoms with E-state index in [9.17, 15) is 15.2 Å². The summed E-state index contributed by atoms with van der Waals surface area (Å²) in [6.07, 6.45) is 0.774. The molecule has 1 heterocycles. The maximum atomic E-state index is 11.8. The number of nitriles is 1. The van der Waals surface area contributed by atoms with Gasteiger partial charge in [-0.25, -0.2) is 4.98 Å². The van der Waals surface area contributed by atoms with Gasteiger partial charge in [0.05, 0.1) is 22.7 Å². The fraction of sp³-hybridized carbons (Fsp3) is 0.421. The molecule has 0 unspecified atom stereocenters. The Balaban J connectivity index is 2.16. The molecule has 0 aliphatic heterocycles. The predicted molar refractivity (Wildman–Crippen MR) is 98.6 cm³/mol. The molecule has 25 heavy (non-hydrogen) atoms. The summed E-state index contributed by atoms with van der Waals surface area (Å²) in [5, 5.41) is 18.9. The number of aryl methyl sites for hydroxylation is 1. The number of carbonyl (C=O) groups is 1. The molecule has 2 rings (SSSR count). The van der Waals surface area contributed by atoms with Crippen molar-refractivity contribution in [2.45, 2.75) is 38.6 Å². The summed E-state index contributed by atoms with van der Waals surface area (Å²) < 4.78 is 0. The Bertz CT molecular complexity index is 775. The topological polar surface area (TPSA) is 77.2 Å². The lowest BCUT2D eigenvalue weighted by Crippen LogP contribution is -2.32. The first-order valence-electron chi connectivity index (χ1n) is 8.10. The van der Waals surface area contributed by atoms with E-state index in [4.69, 9.17) is 0 Å². The number of carboxylic acid groups (broad SMARTS) is 1. The molecule has 0 fully saturated rings. The van der Waals surface area contributed by atoms with Gasteiger partial charge in [0, 0.05) is 11.4 Å². The van der Waals surface area contributed by atoms with Gasteiger partial charge in [-0.15, -0.1) is 11.3 Å². The molecule has 0 radical (unpaired) electrons. The molecule has 0 amide bonds. The lowest BCUT2D eigenvalue weighted by atomic mass is 9.85. The number of aromatic nitrogens is 1. The molecule has 1 N–H and O–H groups in total. The van der Waals surface area contributed by atoms with Crippen LogP contribution < -0.4 is 0 Å². The number of aliphatic carboxylic acids is 1. The number of nitrogens with zero attached hydrogens (tertiary/aromatic N) is 3. The Morgan fingerprint density at radius 1 is 1.40 bits per heavy atom. The lowest BCUT2D eigenvalue weighted by molar-refractivity contribution is -0.143. The van der Waals surface area contributed by atoms with Crippen LogP contribution in [0.3, 0.4) is 0 Å². The standard InChI is InChI=1S/C19H23N3O2S/c1-13-16(25-12-21-13)9-10-22(4)17(18(23)24)14-5-7-15(8-6-14)19(2,3)11-20/h5-8,12,17H,9-10H2,1-4H3,(H,23,24)/t17-/m1/s1. The fourth-order valence-corrected chi connectivity index (χ4v) is 3.48. The van der Waals surface area contributed by atoms with E-state index >= 15 is 0 Å². The highest BCUT2D eigenvalue weighted by Crippen LogP contribution is 2.26. The Kier molecular flexibility index (Phi) is 5.93. The molecule has 1 aromatic carbocycles. The minimum Gasteiger partial charge on any atom is -0.480 e. The summed E-state index contributed by atoms with van der Waals surface area (Å²) in [5.74, 6) is -0.879. The smallest absolute Gasteiger partial charge is 0.325 e. The first kappa shape index (κ1) is 19.1. The normalized spacial score (nSPS) is 12.8. The molecule has 0 aliphatic carbocycles. The van der Waals surface area contributed by atoms with Crippen LogP contribution >= 0.6 is 11.3 Å². The highest BCUT2D eigenvalue weighted by Gasteiger charge is 2.26.